The monoisotopic (exact) mass is 368 g/mol. The third-order valence-corrected chi connectivity index (χ3v) is 4.20. The van der Waals surface area contributed by atoms with E-state index < -0.39 is 0 Å². The number of amides is 2. The fourth-order valence-electron chi connectivity index (χ4n) is 2.92. The minimum atomic E-state index is -0.312. The zero-order chi connectivity index (χ0) is 19.2. The van der Waals surface area contributed by atoms with Crippen LogP contribution >= 0.6 is 0 Å². The molecule has 0 aromatic heterocycles. The van der Waals surface area contributed by atoms with Gasteiger partial charge in [-0.2, -0.15) is 0 Å². The Bertz CT molecular complexity index is 813. The number of ether oxygens (including phenoxy) is 2. The van der Waals surface area contributed by atoms with E-state index in [0.29, 0.717) is 48.9 Å². The number of rotatable bonds is 5. The summed E-state index contributed by atoms with van der Waals surface area (Å²) in [5, 5.41) is 2.86. The van der Waals surface area contributed by atoms with E-state index in [1.807, 2.05) is 19.9 Å². The summed E-state index contributed by atoms with van der Waals surface area (Å²) in [6, 6.07) is 14.1. The second-order valence-electron chi connectivity index (χ2n) is 6.57. The summed E-state index contributed by atoms with van der Waals surface area (Å²) in [4.78, 5) is 27.4. The molecule has 1 heterocycles. The Balaban J connectivity index is 1.82. The van der Waals surface area contributed by atoms with Gasteiger partial charge in [-0.05, 0) is 38.1 Å². The number of hydrogen-bond acceptors (Lipinski definition) is 4. The lowest BCUT2D eigenvalue weighted by atomic mass is 10.1. The number of nitrogens with one attached hydrogen (secondary N) is 1. The molecule has 0 radical (unpaired) electrons. The van der Waals surface area contributed by atoms with E-state index in [4.69, 9.17) is 9.47 Å². The third kappa shape index (κ3) is 4.65. The fraction of sp³-hybridized carbons (Fsp3) is 0.333. The molecule has 0 aliphatic carbocycles. The van der Waals surface area contributed by atoms with Gasteiger partial charge >= 0.3 is 0 Å². The summed E-state index contributed by atoms with van der Waals surface area (Å²) in [5.74, 6) is 0.0939. The molecule has 3 rings (SSSR count). The van der Waals surface area contributed by atoms with Crippen molar-refractivity contribution < 1.29 is 19.1 Å². The van der Waals surface area contributed by atoms with E-state index in [1.165, 1.54) is 0 Å². The molecule has 6 heteroatoms. The Hall–Kier alpha value is -2.86. The highest BCUT2D eigenvalue weighted by Crippen LogP contribution is 2.23. The van der Waals surface area contributed by atoms with Crippen LogP contribution in [0.5, 0.6) is 5.75 Å². The quantitative estimate of drug-likeness (QED) is 0.880. The van der Waals surface area contributed by atoms with Crippen LogP contribution in [0.3, 0.4) is 0 Å². The average molecular weight is 368 g/mol. The van der Waals surface area contributed by atoms with Crippen LogP contribution in [0.25, 0.3) is 0 Å². The Kier molecular flexibility index (Phi) is 6.08. The first kappa shape index (κ1) is 18.9. The van der Waals surface area contributed by atoms with Gasteiger partial charge in [0.2, 0.25) is 0 Å². The molecule has 27 heavy (non-hydrogen) atoms. The number of anilines is 1. The normalized spacial score (nSPS) is 14.1. The molecular formula is C21H24N2O4. The zero-order valence-corrected chi connectivity index (χ0v) is 15.6. The van der Waals surface area contributed by atoms with Crippen LogP contribution in [-0.2, 0) is 4.74 Å². The van der Waals surface area contributed by atoms with Crippen molar-refractivity contribution in [2.45, 2.75) is 20.0 Å². The Labute approximate surface area is 159 Å². The Morgan fingerprint density at radius 2 is 1.63 bits per heavy atom. The van der Waals surface area contributed by atoms with E-state index >= 15 is 0 Å². The van der Waals surface area contributed by atoms with Gasteiger partial charge < -0.3 is 19.7 Å². The van der Waals surface area contributed by atoms with Crippen molar-refractivity contribution >= 4 is 17.5 Å². The molecule has 0 unspecified atom stereocenters. The average Bonchev–Trinajstić information content (AvgIpc) is 2.68. The summed E-state index contributed by atoms with van der Waals surface area (Å²) in [7, 11) is 0. The van der Waals surface area contributed by atoms with Gasteiger partial charge in [0.25, 0.3) is 11.8 Å². The second kappa shape index (κ2) is 8.68. The van der Waals surface area contributed by atoms with Crippen LogP contribution in [-0.4, -0.2) is 49.1 Å². The van der Waals surface area contributed by atoms with Gasteiger partial charge in [0.1, 0.15) is 5.75 Å². The van der Waals surface area contributed by atoms with Gasteiger partial charge in [0, 0.05) is 13.1 Å². The van der Waals surface area contributed by atoms with E-state index in [-0.39, 0.29) is 17.9 Å². The number of nitrogens with zero attached hydrogens (tertiary/aromatic N) is 1. The van der Waals surface area contributed by atoms with Crippen molar-refractivity contribution in [1.82, 2.24) is 4.90 Å². The molecule has 1 saturated heterocycles. The smallest absolute Gasteiger partial charge is 0.259 e. The molecule has 2 amide bonds. The SMILES string of the molecule is CC(C)Oc1ccccc1C(=O)Nc1ccccc1C(=O)N1CCOCC1. The molecule has 0 atom stereocenters. The van der Waals surface area contributed by atoms with Gasteiger partial charge in [-0.15, -0.1) is 0 Å². The van der Waals surface area contributed by atoms with Crippen LogP contribution in [0.2, 0.25) is 0 Å². The van der Waals surface area contributed by atoms with Crippen molar-refractivity contribution in [1.29, 1.82) is 0 Å². The molecule has 2 aromatic rings. The predicted molar refractivity (Wildman–Crippen MR) is 103 cm³/mol. The van der Waals surface area contributed by atoms with Crippen LogP contribution in [0.4, 0.5) is 5.69 Å². The molecule has 1 N–H and O–H groups in total. The van der Waals surface area contributed by atoms with Gasteiger partial charge in [0.15, 0.2) is 0 Å². The van der Waals surface area contributed by atoms with Crippen molar-refractivity contribution in [3.63, 3.8) is 0 Å². The van der Waals surface area contributed by atoms with Gasteiger partial charge in [0.05, 0.1) is 36.1 Å². The lowest BCUT2D eigenvalue weighted by Gasteiger charge is -2.27. The molecule has 142 valence electrons. The van der Waals surface area contributed by atoms with Crippen molar-refractivity contribution in [2.75, 3.05) is 31.6 Å². The standard InChI is InChI=1S/C21H24N2O4/c1-15(2)27-19-10-6-4-8-17(19)20(24)22-18-9-5-3-7-16(18)21(25)23-11-13-26-14-12-23/h3-10,15H,11-14H2,1-2H3,(H,22,24). The van der Waals surface area contributed by atoms with E-state index in [2.05, 4.69) is 5.32 Å². The molecule has 6 nitrogen and oxygen atoms in total. The fourth-order valence-corrected chi connectivity index (χ4v) is 2.92. The number of morpholine rings is 1. The molecule has 2 aromatic carbocycles. The number of benzene rings is 2. The lowest BCUT2D eigenvalue weighted by Crippen LogP contribution is -2.41. The van der Waals surface area contributed by atoms with Gasteiger partial charge in [-0.3, -0.25) is 9.59 Å². The van der Waals surface area contributed by atoms with Crippen LogP contribution in [0.15, 0.2) is 48.5 Å². The molecule has 0 spiro atoms. The van der Waals surface area contributed by atoms with E-state index in [9.17, 15) is 9.59 Å². The first-order valence-electron chi connectivity index (χ1n) is 9.09. The van der Waals surface area contributed by atoms with Gasteiger partial charge in [-0.25, -0.2) is 0 Å². The van der Waals surface area contributed by atoms with Crippen LogP contribution < -0.4 is 10.1 Å². The lowest BCUT2D eigenvalue weighted by molar-refractivity contribution is 0.0303. The summed E-state index contributed by atoms with van der Waals surface area (Å²) in [6.45, 7) is 5.97. The first-order chi connectivity index (χ1) is 13.1. The van der Waals surface area contributed by atoms with E-state index in [1.54, 1.807) is 47.4 Å². The highest BCUT2D eigenvalue weighted by atomic mass is 16.5. The van der Waals surface area contributed by atoms with Crippen LogP contribution in [0.1, 0.15) is 34.6 Å². The maximum Gasteiger partial charge on any atom is 0.259 e. The van der Waals surface area contributed by atoms with Crippen LogP contribution in [0, 0.1) is 0 Å². The molecule has 1 aliphatic heterocycles. The number of carbonyl (C=O) groups is 2. The largest absolute Gasteiger partial charge is 0.490 e. The maximum absolute atomic E-state index is 12.8. The third-order valence-electron chi connectivity index (χ3n) is 4.20. The predicted octanol–water partition coefficient (Wildman–Crippen LogP) is 3.20. The molecule has 0 bridgehead atoms. The molecule has 1 fully saturated rings. The molecule has 0 saturated carbocycles. The minimum Gasteiger partial charge on any atom is -0.490 e. The van der Waals surface area contributed by atoms with Crippen molar-refractivity contribution in [3.05, 3.63) is 59.7 Å². The highest BCUT2D eigenvalue weighted by molar-refractivity contribution is 6.10. The summed E-state index contributed by atoms with van der Waals surface area (Å²) in [5.41, 5.74) is 1.38. The number of carbonyl (C=O) groups excluding carboxylic acids is 2. The second-order valence-corrected chi connectivity index (χ2v) is 6.57. The summed E-state index contributed by atoms with van der Waals surface area (Å²) in [6.07, 6.45) is -0.0471. The van der Waals surface area contributed by atoms with E-state index in [0.717, 1.165) is 0 Å². The first-order valence-corrected chi connectivity index (χ1v) is 9.09. The maximum atomic E-state index is 12.8. The summed E-state index contributed by atoms with van der Waals surface area (Å²) >= 11 is 0. The Morgan fingerprint density at radius 1 is 1.00 bits per heavy atom. The molecular weight excluding hydrogens is 344 g/mol. The molecule has 1 aliphatic rings. The minimum absolute atomic E-state index is 0.0471. The van der Waals surface area contributed by atoms with Crippen molar-refractivity contribution in [3.8, 4) is 5.75 Å². The number of hydrogen-bond donors (Lipinski definition) is 1. The summed E-state index contributed by atoms with van der Waals surface area (Å²) < 4.78 is 11.0. The topological polar surface area (TPSA) is 67.9 Å². The highest BCUT2D eigenvalue weighted by Gasteiger charge is 2.22. The Morgan fingerprint density at radius 3 is 2.33 bits per heavy atom. The van der Waals surface area contributed by atoms with Gasteiger partial charge in [-0.1, -0.05) is 24.3 Å². The zero-order valence-electron chi connectivity index (χ0n) is 15.6. The van der Waals surface area contributed by atoms with Crippen molar-refractivity contribution in [2.24, 2.45) is 0 Å². The number of para-hydroxylation sites is 2.